The largest absolute Gasteiger partial charge is 0.369 e. The van der Waals surface area contributed by atoms with Crippen LogP contribution in [0.2, 0.25) is 15.1 Å². The molecule has 1 heterocycles. The number of amides is 1. The summed E-state index contributed by atoms with van der Waals surface area (Å²) in [6.07, 6.45) is 0. The van der Waals surface area contributed by atoms with E-state index in [9.17, 15) is 4.79 Å². The Morgan fingerprint density at radius 1 is 1.00 bits per heavy atom. The van der Waals surface area contributed by atoms with Crippen molar-refractivity contribution in [1.82, 2.24) is 4.90 Å². The molecule has 3 rings (SSSR count). The number of piperazine rings is 1. The van der Waals surface area contributed by atoms with Gasteiger partial charge < -0.3 is 10.2 Å². The van der Waals surface area contributed by atoms with Crippen LogP contribution >= 0.6 is 34.8 Å². The van der Waals surface area contributed by atoms with Crippen LogP contribution in [0.4, 0.5) is 11.4 Å². The van der Waals surface area contributed by atoms with Crippen LogP contribution < -0.4 is 10.2 Å². The van der Waals surface area contributed by atoms with Gasteiger partial charge in [0, 0.05) is 41.9 Å². The Morgan fingerprint density at radius 2 is 1.69 bits per heavy atom. The van der Waals surface area contributed by atoms with Crippen LogP contribution in [0.25, 0.3) is 0 Å². The van der Waals surface area contributed by atoms with Gasteiger partial charge in [0.25, 0.3) is 0 Å². The van der Waals surface area contributed by atoms with Crippen molar-refractivity contribution in [1.29, 1.82) is 0 Å². The molecule has 2 aromatic carbocycles. The first-order chi connectivity index (χ1) is 12.4. The van der Waals surface area contributed by atoms with Gasteiger partial charge >= 0.3 is 0 Å². The van der Waals surface area contributed by atoms with E-state index in [0.717, 1.165) is 36.9 Å². The van der Waals surface area contributed by atoms with Crippen molar-refractivity contribution in [2.45, 2.75) is 13.0 Å². The zero-order valence-electron chi connectivity index (χ0n) is 14.4. The highest BCUT2D eigenvalue weighted by Gasteiger charge is 2.26. The molecular weight excluding hydrogens is 393 g/mol. The molecule has 1 aliphatic heterocycles. The van der Waals surface area contributed by atoms with Gasteiger partial charge in [-0.1, -0.05) is 40.9 Å². The van der Waals surface area contributed by atoms with E-state index in [2.05, 4.69) is 21.2 Å². The van der Waals surface area contributed by atoms with Gasteiger partial charge in [-0.2, -0.15) is 0 Å². The van der Waals surface area contributed by atoms with E-state index in [1.807, 2.05) is 25.1 Å². The summed E-state index contributed by atoms with van der Waals surface area (Å²) in [6.45, 7) is 5.21. The molecule has 1 fully saturated rings. The van der Waals surface area contributed by atoms with Crippen LogP contribution in [0, 0.1) is 0 Å². The third-order valence-corrected chi connectivity index (χ3v) is 5.39. The summed E-state index contributed by atoms with van der Waals surface area (Å²) in [7, 11) is 0. The molecule has 0 radical (unpaired) electrons. The fourth-order valence-electron chi connectivity index (χ4n) is 3.03. The smallest absolute Gasteiger partial charge is 0.241 e. The highest BCUT2D eigenvalue weighted by molar-refractivity contribution is 6.36. The Balaban J connectivity index is 1.57. The lowest BCUT2D eigenvalue weighted by molar-refractivity contribution is -0.120. The van der Waals surface area contributed by atoms with E-state index in [1.54, 1.807) is 18.2 Å². The lowest BCUT2D eigenvalue weighted by Crippen LogP contribution is -2.52. The molecule has 138 valence electrons. The van der Waals surface area contributed by atoms with E-state index in [4.69, 9.17) is 34.8 Å². The summed E-state index contributed by atoms with van der Waals surface area (Å²) in [5, 5.41) is 4.59. The van der Waals surface area contributed by atoms with Crippen LogP contribution in [0.1, 0.15) is 6.92 Å². The summed E-state index contributed by atoms with van der Waals surface area (Å²) in [6, 6.07) is 12.6. The molecule has 7 heteroatoms. The minimum Gasteiger partial charge on any atom is -0.369 e. The van der Waals surface area contributed by atoms with Gasteiger partial charge in [-0.05, 0) is 43.3 Å². The molecule has 0 unspecified atom stereocenters. The maximum atomic E-state index is 12.6. The predicted molar refractivity (Wildman–Crippen MR) is 110 cm³/mol. The van der Waals surface area contributed by atoms with Crippen LogP contribution in [0.3, 0.4) is 0 Å². The average Bonchev–Trinajstić information content (AvgIpc) is 2.63. The minimum atomic E-state index is -0.247. The monoisotopic (exact) mass is 411 g/mol. The number of carbonyl (C=O) groups is 1. The highest BCUT2D eigenvalue weighted by atomic mass is 35.5. The molecule has 4 nitrogen and oxygen atoms in total. The number of hydrogen-bond acceptors (Lipinski definition) is 3. The van der Waals surface area contributed by atoms with Crippen LogP contribution in [-0.4, -0.2) is 43.0 Å². The molecule has 0 saturated carbocycles. The van der Waals surface area contributed by atoms with E-state index in [1.165, 1.54) is 0 Å². The van der Waals surface area contributed by atoms with Crippen molar-refractivity contribution in [3.63, 3.8) is 0 Å². The topological polar surface area (TPSA) is 35.6 Å². The molecule has 0 aromatic heterocycles. The zero-order valence-corrected chi connectivity index (χ0v) is 16.7. The van der Waals surface area contributed by atoms with Crippen molar-refractivity contribution in [2.75, 3.05) is 36.4 Å². The number of rotatable bonds is 4. The quantitative estimate of drug-likeness (QED) is 0.784. The van der Waals surface area contributed by atoms with Crippen molar-refractivity contribution in [3.05, 3.63) is 57.5 Å². The molecule has 0 spiro atoms. The molecule has 0 bridgehead atoms. The molecule has 1 amide bonds. The predicted octanol–water partition coefficient (Wildman–Crippen LogP) is 4.80. The molecule has 1 atom stereocenters. The van der Waals surface area contributed by atoms with E-state index in [-0.39, 0.29) is 11.9 Å². The molecule has 2 aromatic rings. The van der Waals surface area contributed by atoms with E-state index >= 15 is 0 Å². The summed E-state index contributed by atoms with van der Waals surface area (Å²) < 4.78 is 0. The number of carbonyl (C=O) groups excluding carboxylic acids is 1. The van der Waals surface area contributed by atoms with Crippen molar-refractivity contribution < 1.29 is 4.79 Å². The molecule has 0 aliphatic carbocycles. The second kappa shape index (κ2) is 8.49. The summed E-state index contributed by atoms with van der Waals surface area (Å²) in [5.41, 5.74) is 1.69. The maximum Gasteiger partial charge on any atom is 0.241 e. The number of nitrogens with zero attached hydrogens (tertiary/aromatic N) is 2. The van der Waals surface area contributed by atoms with Gasteiger partial charge in [0.15, 0.2) is 0 Å². The Labute approximate surface area is 168 Å². The Hall–Kier alpha value is -1.46. The third kappa shape index (κ3) is 4.63. The number of benzene rings is 2. The normalized spacial score (nSPS) is 16.4. The standard InChI is InChI=1S/C19H20Cl3N3O/c1-13(19(26)23-18-6-5-15(21)12-17(18)22)24-7-9-25(10-8-24)16-4-2-3-14(20)11-16/h2-6,11-13H,7-10H2,1H3,(H,23,26)/t13-/m1/s1. The Morgan fingerprint density at radius 3 is 2.35 bits per heavy atom. The van der Waals surface area contributed by atoms with Gasteiger partial charge in [-0.15, -0.1) is 0 Å². The Bertz CT molecular complexity index is 791. The van der Waals surface area contributed by atoms with Crippen LogP contribution in [-0.2, 0) is 4.79 Å². The second-order valence-electron chi connectivity index (χ2n) is 6.29. The van der Waals surface area contributed by atoms with Crippen LogP contribution in [0.5, 0.6) is 0 Å². The van der Waals surface area contributed by atoms with E-state index < -0.39 is 0 Å². The average molecular weight is 413 g/mol. The third-order valence-electron chi connectivity index (χ3n) is 4.60. The van der Waals surface area contributed by atoms with Crippen molar-refractivity contribution in [2.24, 2.45) is 0 Å². The minimum absolute atomic E-state index is 0.0783. The van der Waals surface area contributed by atoms with Crippen molar-refractivity contribution in [3.8, 4) is 0 Å². The fraction of sp³-hybridized carbons (Fsp3) is 0.316. The zero-order chi connectivity index (χ0) is 18.7. The van der Waals surface area contributed by atoms with Gasteiger partial charge in [-0.25, -0.2) is 0 Å². The van der Waals surface area contributed by atoms with Gasteiger partial charge in [0.05, 0.1) is 16.8 Å². The molecule has 26 heavy (non-hydrogen) atoms. The van der Waals surface area contributed by atoms with Crippen LogP contribution in [0.15, 0.2) is 42.5 Å². The fourth-order valence-corrected chi connectivity index (χ4v) is 3.67. The summed E-state index contributed by atoms with van der Waals surface area (Å²) in [5.74, 6) is -0.0783. The number of hydrogen-bond donors (Lipinski definition) is 1. The lowest BCUT2D eigenvalue weighted by Gasteiger charge is -2.38. The van der Waals surface area contributed by atoms with Gasteiger partial charge in [0.1, 0.15) is 0 Å². The van der Waals surface area contributed by atoms with Crippen molar-refractivity contribution >= 4 is 52.1 Å². The number of anilines is 2. The molecule has 1 aliphatic rings. The first kappa shape index (κ1) is 19.3. The molecule has 1 N–H and O–H groups in total. The number of halogens is 3. The van der Waals surface area contributed by atoms with Gasteiger partial charge in [0.2, 0.25) is 5.91 Å². The summed E-state index contributed by atoms with van der Waals surface area (Å²) in [4.78, 5) is 17.0. The second-order valence-corrected chi connectivity index (χ2v) is 7.57. The Kier molecular flexibility index (Phi) is 6.30. The maximum absolute atomic E-state index is 12.6. The molecular formula is C19H20Cl3N3O. The first-order valence-corrected chi connectivity index (χ1v) is 9.58. The summed E-state index contributed by atoms with van der Waals surface area (Å²) >= 11 is 18.1. The van der Waals surface area contributed by atoms with Gasteiger partial charge in [-0.3, -0.25) is 9.69 Å². The first-order valence-electron chi connectivity index (χ1n) is 8.44. The number of nitrogens with one attached hydrogen (secondary N) is 1. The molecule has 1 saturated heterocycles. The SMILES string of the molecule is C[C@H](C(=O)Nc1ccc(Cl)cc1Cl)N1CCN(c2cccc(Cl)c2)CC1. The lowest BCUT2D eigenvalue weighted by atomic mass is 10.2. The van der Waals surface area contributed by atoms with E-state index in [0.29, 0.717) is 15.7 Å². The highest BCUT2D eigenvalue weighted by Crippen LogP contribution is 2.26.